The molecule has 1 aliphatic heterocycles. The molecule has 0 aliphatic carbocycles. The van der Waals surface area contributed by atoms with Gasteiger partial charge in [0.15, 0.2) is 0 Å². The van der Waals surface area contributed by atoms with Gasteiger partial charge in [0.05, 0.1) is 20.8 Å². The van der Waals surface area contributed by atoms with Crippen molar-refractivity contribution in [2.45, 2.75) is 6.10 Å². The summed E-state index contributed by atoms with van der Waals surface area (Å²) in [7, 11) is 3.27. The van der Waals surface area contributed by atoms with Crippen molar-refractivity contribution in [3.63, 3.8) is 0 Å². The van der Waals surface area contributed by atoms with Crippen molar-refractivity contribution in [2.75, 3.05) is 20.8 Å². The molecule has 3 nitrogen and oxygen atoms in total. The van der Waals surface area contributed by atoms with Crippen LogP contribution < -0.4 is 9.47 Å². The second kappa shape index (κ2) is 3.79. The lowest BCUT2D eigenvalue weighted by Gasteiger charge is -2.10. The lowest BCUT2D eigenvalue weighted by Crippen LogP contribution is -1.92. The summed E-state index contributed by atoms with van der Waals surface area (Å²) in [6.07, 6.45) is 0.214. The van der Waals surface area contributed by atoms with Gasteiger partial charge < -0.3 is 14.2 Å². The fourth-order valence-corrected chi connectivity index (χ4v) is 1.87. The van der Waals surface area contributed by atoms with E-state index in [1.807, 2.05) is 12.1 Å². The molecule has 0 amide bonds. The van der Waals surface area contributed by atoms with Gasteiger partial charge in [-0.15, -0.1) is 0 Å². The van der Waals surface area contributed by atoms with E-state index in [1.54, 1.807) is 14.2 Å². The summed E-state index contributed by atoms with van der Waals surface area (Å²) in [4.78, 5) is 0. The molecule has 1 unspecified atom stereocenters. The molecule has 14 heavy (non-hydrogen) atoms. The van der Waals surface area contributed by atoms with Crippen LogP contribution in [0.4, 0.5) is 0 Å². The topological polar surface area (TPSA) is 31.0 Å². The Morgan fingerprint density at radius 2 is 1.79 bits per heavy atom. The van der Waals surface area contributed by atoms with E-state index in [0.717, 1.165) is 28.1 Å². The molecule has 1 aliphatic rings. The minimum Gasteiger partial charge on any atom is -0.495 e. The molecular weight excluding hydrogens is 248 g/mol. The molecule has 4 heteroatoms. The van der Waals surface area contributed by atoms with Gasteiger partial charge >= 0.3 is 0 Å². The van der Waals surface area contributed by atoms with Gasteiger partial charge in [-0.2, -0.15) is 0 Å². The Balaban J connectivity index is 2.43. The summed E-state index contributed by atoms with van der Waals surface area (Å²) in [5.74, 6) is 1.55. The SMILES string of the molecule is COc1cc(C2CO2)cc(OC)c1Br. The standard InChI is InChI=1S/C10H11BrO3/c1-12-7-3-6(9-5-14-9)4-8(13-2)10(7)11/h3-4,9H,5H2,1-2H3. The van der Waals surface area contributed by atoms with E-state index in [1.165, 1.54) is 0 Å². The van der Waals surface area contributed by atoms with Crippen LogP contribution in [0, 0.1) is 0 Å². The van der Waals surface area contributed by atoms with Crippen molar-refractivity contribution >= 4 is 15.9 Å². The summed E-state index contributed by atoms with van der Waals surface area (Å²) >= 11 is 3.41. The summed E-state index contributed by atoms with van der Waals surface area (Å²) in [6, 6.07) is 3.93. The number of methoxy groups -OCH3 is 2. The Morgan fingerprint density at radius 1 is 1.29 bits per heavy atom. The van der Waals surface area contributed by atoms with Crippen molar-refractivity contribution in [1.29, 1.82) is 0 Å². The predicted octanol–water partition coefficient (Wildman–Crippen LogP) is 2.54. The zero-order valence-electron chi connectivity index (χ0n) is 8.04. The van der Waals surface area contributed by atoms with Crippen LogP contribution in [-0.2, 0) is 4.74 Å². The van der Waals surface area contributed by atoms with Crippen LogP contribution in [0.25, 0.3) is 0 Å². The number of rotatable bonds is 3. The van der Waals surface area contributed by atoms with Crippen molar-refractivity contribution in [3.8, 4) is 11.5 Å². The molecule has 0 aromatic heterocycles. The maximum absolute atomic E-state index is 5.22. The van der Waals surface area contributed by atoms with E-state index in [4.69, 9.17) is 14.2 Å². The van der Waals surface area contributed by atoms with Crippen molar-refractivity contribution < 1.29 is 14.2 Å². The first kappa shape index (κ1) is 9.80. The molecule has 0 N–H and O–H groups in total. The molecule has 1 fully saturated rings. The fourth-order valence-electron chi connectivity index (χ4n) is 1.32. The highest BCUT2D eigenvalue weighted by molar-refractivity contribution is 9.10. The number of hydrogen-bond donors (Lipinski definition) is 0. The Bertz CT molecular complexity index is 322. The van der Waals surface area contributed by atoms with Crippen LogP contribution in [-0.4, -0.2) is 20.8 Å². The van der Waals surface area contributed by atoms with Gasteiger partial charge in [0, 0.05) is 0 Å². The quantitative estimate of drug-likeness (QED) is 0.781. The lowest BCUT2D eigenvalue weighted by molar-refractivity contribution is 0.383. The third kappa shape index (κ3) is 1.72. The van der Waals surface area contributed by atoms with Crippen LogP contribution in [0.5, 0.6) is 11.5 Å². The van der Waals surface area contributed by atoms with E-state index in [-0.39, 0.29) is 6.10 Å². The molecule has 0 bridgehead atoms. The number of benzene rings is 1. The molecule has 76 valence electrons. The largest absolute Gasteiger partial charge is 0.495 e. The highest BCUT2D eigenvalue weighted by Gasteiger charge is 2.26. The van der Waals surface area contributed by atoms with Crippen LogP contribution in [0.3, 0.4) is 0 Å². The highest BCUT2D eigenvalue weighted by Crippen LogP contribution is 2.40. The van der Waals surface area contributed by atoms with Crippen LogP contribution >= 0.6 is 15.9 Å². The third-order valence-corrected chi connectivity index (χ3v) is 2.95. The Morgan fingerprint density at radius 3 is 2.14 bits per heavy atom. The Kier molecular flexibility index (Phi) is 2.65. The monoisotopic (exact) mass is 258 g/mol. The van der Waals surface area contributed by atoms with Crippen molar-refractivity contribution in [1.82, 2.24) is 0 Å². The average molecular weight is 259 g/mol. The van der Waals surface area contributed by atoms with Gasteiger partial charge in [-0.25, -0.2) is 0 Å². The highest BCUT2D eigenvalue weighted by atomic mass is 79.9. The summed E-state index contributed by atoms with van der Waals surface area (Å²) in [6.45, 7) is 0.786. The predicted molar refractivity (Wildman–Crippen MR) is 55.9 cm³/mol. The molecule has 1 saturated heterocycles. The second-order valence-electron chi connectivity index (χ2n) is 3.06. The van der Waals surface area contributed by atoms with Gasteiger partial charge in [-0.3, -0.25) is 0 Å². The first-order valence-corrected chi connectivity index (χ1v) is 5.08. The number of hydrogen-bond acceptors (Lipinski definition) is 3. The van der Waals surface area contributed by atoms with Gasteiger partial charge in [0.25, 0.3) is 0 Å². The van der Waals surface area contributed by atoms with Gasteiger partial charge in [0.2, 0.25) is 0 Å². The molecule has 1 aromatic rings. The molecule has 1 aromatic carbocycles. The van der Waals surface area contributed by atoms with Crippen LogP contribution in [0.1, 0.15) is 11.7 Å². The van der Waals surface area contributed by atoms with Gasteiger partial charge in [-0.1, -0.05) is 0 Å². The molecule has 1 atom stereocenters. The van der Waals surface area contributed by atoms with E-state index < -0.39 is 0 Å². The van der Waals surface area contributed by atoms with E-state index in [2.05, 4.69) is 15.9 Å². The second-order valence-corrected chi connectivity index (χ2v) is 3.85. The molecule has 1 heterocycles. The molecule has 2 rings (SSSR count). The molecule has 0 radical (unpaired) electrons. The van der Waals surface area contributed by atoms with Gasteiger partial charge in [0.1, 0.15) is 22.1 Å². The summed E-state index contributed by atoms with van der Waals surface area (Å²) in [5.41, 5.74) is 1.10. The average Bonchev–Trinajstić information content (AvgIpc) is 3.02. The fraction of sp³-hybridized carbons (Fsp3) is 0.400. The molecule has 0 spiro atoms. The Labute approximate surface area is 91.1 Å². The number of epoxide rings is 1. The minimum absolute atomic E-state index is 0.214. The molecular formula is C10H11BrO3. The lowest BCUT2D eigenvalue weighted by atomic mass is 10.1. The maximum Gasteiger partial charge on any atom is 0.137 e. The normalized spacial score (nSPS) is 19.2. The van der Waals surface area contributed by atoms with Crippen LogP contribution in [0.2, 0.25) is 0 Å². The van der Waals surface area contributed by atoms with Crippen molar-refractivity contribution in [2.24, 2.45) is 0 Å². The summed E-state index contributed by atoms with van der Waals surface area (Å²) < 4.78 is 16.5. The van der Waals surface area contributed by atoms with E-state index in [0.29, 0.717) is 0 Å². The van der Waals surface area contributed by atoms with Crippen molar-refractivity contribution in [3.05, 3.63) is 22.2 Å². The van der Waals surface area contributed by atoms with Gasteiger partial charge in [-0.05, 0) is 33.6 Å². The number of halogens is 1. The number of ether oxygens (including phenoxy) is 3. The third-order valence-electron chi connectivity index (χ3n) is 2.17. The Hall–Kier alpha value is -0.740. The molecule has 0 saturated carbocycles. The maximum atomic E-state index is 5.22. The smallest absolute Gasteiger partial charge is 0.137 e. The summed E-state index contributed by atoms with van der Waals surface area (Å²) in [5, 5.41) is 0. The van der Waals surface area contributed by atoms with Crippen LogP contribution in [0.15, 0.2) is 16.6 Å². The zero-order chi connectivity index (χ0) is 10.1. The van der Waals surface area contributed by atoms with E-state index in [9.17, 15) is 0 Å². The first-order chi connectivity index (χ1) is 6.76. The zero-order valence-corrected chi connectivity index (χ0v) is 9.63. The van der Waals surface area contributed by atoms with E-state index >= 15 is 0 Å². The first-order valence-electron chi connectivity index (χ1n) is 4.29. The minimum atomic E-state index is 0.214.